The predicted molar refractivity (Wildman–Crippen MR) is 82.5 cm³/mol. The average Bonchev–Trinajstić information content (AvgIpc) is 2.79. The van der Waals surface area contributed by atoms with Crippen molar-refractivity contribution < 1.29 is 4.42 Å². The summed E-state index contributed by atoms with van der Waals surface area (Å²) in [6, 6.07) is 7.72. The summed E-state index contributed by atoms with van der Waals surface area (Å²) in [5.41, 5.74) is 18.9. The first-order valence-electron chi connectivity index (χ1n) is 6.49. The van der Waals surface area contributed by atoms with Gasteiger partial charge in [-0.05, 0) is 61.7 Å². The highest BCUT2D eigenvalue weighted by molar-refractivity contribution is 5.80. The Bertz CT molecular complexity index is 756. The fourth-order valence-corrected chi connectivity index (χ4v) is 2.19. The summed E-state index contributed by atoms with van der Waals surface area (Å²) in [6.45, 7) is 6.01. The average molecular weight is 267 g/mol. The van der Waals surface area contributed by atoms with Crippen LogP contribution in [0.1, 0.15) is 16.7 Å². The number of nitrogen functional groups attached to an aromatic ring is 2. The van der Waals surface area contributed by atoms with E-state index in [-0.39, 0.29) is 0 Å². The summed E-state index contributed by atoms with van der Waals surface area (Å²) in [7, 11) is 0. The van der Waals surface area contributed by atoms with Crippen LogP contribution >= 0.6 is 0 Å². The Morgan fingerprint density at radius 1 is 0.900 bits per heavy atom. The Labute approximate surface area is 117 Å². The summed E-state index contributed by atoms with van der Waals surface area (Å²) in [4.78, 5) is 4.52. The number of nitrogens with zero attached hydrogens (tertiary/aromatic N) is 1. The molecule has 4 nitrogen and oxygen atoms in total. The quantitative estimate of drug-likeness (QED) is 0.660. The molecule has 0 saturated heterocycles. The van der Waals surface area contributed by atoms with Gasteiger partial charge in [0.25, 0.3) is 0 Å². The molecule has 4 heteroatoms. The smallest absolute Gasteiger partial charge is 0.227 e. The predicted octanol–water partition coefficient (Wildman–Crippen LogP) is 3.58. The Morgan fingerprint density at radius 2 is 1.50 bits per heavy atom. The summed E-state index contributed by atoms with van der Waals surface area (Å²) in [5, 5.41) is 0. The fourth-order valence-electron chi connectivity index (χ4n) is 2.19. The molecule has 4 N–H and O–H groups in total. The lowest BCUT2D eigenvalue weighted by Gasteiger charge is -2.05. The van der Waals surface area contributed by atoms with E-state index < -0.39 is 0 Å². The largest absolute Gasteiger partial charge is 0.436 e. The molecule has 0 spiro atoms. The van der Waals surface area contributed by atoms with Crippen LogP contribution in [0.2, 0.25) is 0 Å². The zero-order valence-electron chi connectivity index (χ0n) is 11.8. The number of anilines is 2. The lowest BCUT2D eigenvalue weighted by atomic mass is 10.1. The molecule has 102 valence electrons. The minimum absolute atomic E-state index is 0.545. The number of aromatic nitrogens is 1. The highest BCUT2D eigenvalue weighted by Crippen LogP contribution is 2.30. The highest BCUT2D eigenvalue weighted by atomic mass is 16.3. The molecule has 0 fully saturated rings. The van der Waals surface area contributed by atoms with Crippen LogP contribution in [-0.4, -0.2) is 4.98 Å². The number of hydrogen-bond donors (Lipinski definition) is 2. The minimum atomic E-state index is 0.545. The van der Waals surface area contributed by atoms with E-state index >= 15 is 0 Å². The molecule has 0 aliphatic heterocycles. The first kappa shape index (κ1) is 12.5. The monoisotopic (exact) mass is 267 g/mol. The molecule has 0 bridgehead atoms. The fraction of sp³-hybridized carbons (Fsp3) is 0.188. The van der Waals surface area contributed by atoms with Gasteiger partial charge in [0.2, 0.25) is 5.89 Å². The first-order valence-corrected chi connectivity index (χ1v) is 6.49. The number of aryl methyl sites for hydroxylation is 2. The molecule has 0 amide bonds. The molecule has 0 unspecified atom stereocenters. The summed E-state index contributed by atoms with van der Waals surface area (Å²) < 4.78 is 5.82. The molecule has 20 heavy (non-hydrogen) atoms. The van der Waals surface area contributed by atoms with Crippen molar-refractivity contribution in [3.05, 3.63) is 41.0 Å². The van der Waals surface area contributed by atoms with Crippen LogP contribution in [0, 0.1) is 20.8 Å². The maximum atomic E-state index is 5.95. The van der Waals surface area contributed by atoms with Crippen LogP contribution in [0.4, 0.5) is 11.4 Å². The van der Waals surface area contributed by atoms with Gasteiger partial charge in [0.1, 0.15) is 5.52 Å². The van der Waals surface area contributed by atoms with E-state index in [9.17, 15) is 0 Å². The van der Waals surface area contributed by atoms with Crippen LogP contribution in [0.15, 0.2) is 28.7 Å². The third-order valence-electron chi connectivity index (χ3n) is 3.74. The maximum absolute atomic E-state index is 5.95. The van der Waals surface area contributed by atoms with Crippen LogP contribution < -0.4 is 11.5 Å². The van der Waals surface area contributed by atoms with Gasteiger partial charge in [-0.1, -0.05) is 0 Å². The molecular weight excluding hydrogens is 250 g/mol. The van der Waals surface area contributed by atoms with Crippen LogP contribution in [0.25, 0.3) is 22.6 Å². The summed E-state index contributed by atoms with van der Waals surface area (Å²) in [6.07, 6.45) is 0. The summed E-state index contributed by atoms with van der Waals surface area (Å²) >= 11 is 0. The van der Waals surface area contributed by atoms with E-state index in [1.54, 1.807) is 0 Å². The second-order valence-electron chi connectivity index (χ2n) is 5.20. The van der Waals surface area contributed by atoms with Crippen molar-refractivity contribution in [1.82, 2.24) is 4.98 Å². The molecule has 3 aromatic rings. The van der Waals surface area contributed by atoms with Crippen molar-refractivity contribution in [2.24, 2.45) is 0 Å². The zero-order valence-corrected chi connectivity index (χ0v) is 11.8. The molecule has 1 aromatic heterocycles. The molecule has 2 aromatic carbocycles. The number of hydrogen-bond acceptors (Lipinski definition) is 4. The second kappa shape index (κ2) is 4.27. The second-order valence-corrected chi connectivity index (χ2v) is 5.20. The molecule has 0 radical (unpaired) electrons. The Morgan fingerprint density at radius 3 is 2.15 bits per heavy atom. The van der Waals surface area contributed by atoms with Gasteiger partial charge in [0.15, 0.2) is 5.58 Å². The maximum Gasteiger partial charge on any atom is 0.227 e. The van der Waals surface area contributed by atoms with E-state index in [0.717, 1.165) is 22.2 Å². The van der Waals surface area contributed by atoms with Crippen LogP contribution in [0.3, 0.4) is 0 Å². The van der Waals surface area contributed by atoms with Crippen molar-refractivity contribution in [1.29, 1.82) is 0 Å². The van der Waals surface area contributed by atoms with Crippen LogP contribution in [-0.2, 0) is 0 Å². The Kier molecular flexibility index (Phi) is 2.67. The Balaban J connectivity index is 2.20. The number of oxazole rings is 1. The van der Waals surface area contributed by atoms with E-state index in [2.05, 4.69) is 18.8 Å². The lowest BCUT2D eigenvalue weighted by molar-refractivity contribution is 0.619. The molecule has 3 rings (SSSR count). The van der Waals surface area contributed by atoms with Gasteiger partial charge in [0, 0.05) is 16.9 Å². The van der Waals surface area contributed by atoms with E-state index in [4.69, 9.17) is 15.9 Å². The van der Waals surface area contributed by atoms with Gasteiger partial charge in [0.05, 0.1) is 0 Å². The van der Waals surface area contributed by atoms with Gasteiger partial charge in [-0.15, -0.1) is 0 Å². The number of benzene rings is 2. The molecular formula is C16H17N3O. The Hall–Kier alpha value is -2.49. The van der Waals surface area contributed by atoms with Gasteiger partial charge in [-0.3, -0.25) is 0 Å². The van der Waals surface area contributed by atoms with Crippen molar-refractivity contribution in [3.63, 3.8) is 0 Å². The van der Waals surface area contributed by atoms with Crippen molar-refractivity contribution in [2.45, 2.75) is 20.8 Å². The van der Waals surface area contributed by atoms with Gasteiger partial charge in [-0.25, -0.2) is 4.98 Å². The molecule has 0 aliphatic carbocycles. The number of rotatable bonds is 1. The SMILES string of the molecule is Cc1cc2nc(-c3cc(N)c(C)c(N)c3)oc2cc1C. The first-order chi connectivity index (χ1) is 9.45. The van der Waals surface area contributed by atoms with Crippen LogP contribution in [0.5, 0.6) is 0 Å². The van der Waals surface area contributed by atoms with Gasteiger partial charge >= 0.3 is 0 Å². The zero-order chi connectivity index (χ0) is 14.4. The third-order valence-corrected chi connectivity index (χ3v) is 3.74. The van der Waals surface area contributed by atoms with E-state index in [1.165, 1.54) is 11.1 Å². The highest BCUT2D eigenvalue weighted by Gasteiger charge is 2.12. The molecule has 0 atom stereocenters. The van der Waals surface area contributed by atoms with E-state index in [1.807, 2.05) is 31.2 Å². The third kappa shape index (κ3) is 1.90. The molecule has 0 aliphatic rings. The molecule has 0 saturated carbocycles. The lowest BCUT2D eigenvalue weighted by Crippen LogP contribution is -1.96. The number of fused-ring (bicyclic) bond motifs is 1. The van der Waals surface area contributed by atoms with Crippen molar-refractivity contribution in [3.8, 4) is 11.5 Å². The normalized spacial score (nSPS) is 11.2. The van der Waals surface area contributed by atoms with Gasteiger partial charge < -0.3 is 15.9 Å². The minimum Gasteiger partial charge on any atom is -0.436 e. The van der Waals surface area contributed by atoms with Crippen molar-refractivity contribution in [2.75, 3.05) is 11.5 Å². The summed E-state index contributed by atoms with van der Waals surface area (Å²) in [5.74, 6) is 0.545. The number of nitrogens with two attached hydrogens (primary N) is 2. The van der Waals surface area contributed by atoms with Crippen molar-refractivity contribution >= 4 is 22.5 Å². The standard InChI is InChI=1S/C16H17N3O/c1-8-4-14-15(5-9(8)2)20-16(19-14)11-6-12(17)10(3)13(18)7-11/h4-7H,17-18H2,1-3H3. The molecule has 1 heterocycles. The topological polar surface area (TPSA) is 78.1 Å². The van der Waals surface area contributed by atoms with Gasteiger partial charge in [-0.2, -0.15) is 0 Å². The van der Waals surface area contributed by atoms with E-state index in [0.29, 0.717) is 17.3 Å².